The van der Waals surface area contributed by atoms with Crippen LogP contribution in [0.25, 0.3) is 0 Å². The first-order chi connectivity index (χ1) is 8.13. The number of hydrogen-bond donors (Lipinski definition) is 1. The summed E-state index contributed by atoms with van der Waals surface area (Å²) in [5.41, 5.74) is 8.34. The number of benzene rings is 1. The smallest absolute Gasteiger partial charge is 0.0438 e. The molecule has 2 unspecified atom stereocenters. The lowest BCUT2D eigenvalue weighted by Gasteiger charge is -2.39. The molecule has 1 fully saturated rings. The summed E-state index contributed by atoms with van der Waals surface area (Å²) in [5, 5.41) is 0.859. The molecular weight excluding hydrogens is 232 g/mol. The quantitative estimate of drug-likeness (QED) is 0.877. The van der Waals surface area contributed by atoms with Crippen molar-refractivity contribution in [1.29, 1.82) is 0 Å². The molecule has 94 valence electrons. The van der Waals surface area contributed by atoms with Crippen LogP contribution in [0.15, 0.2) is 18.2 Å². The molecule has 1 aliphatic rings. The van der Waals surface area contributed by atoms with Crippen molar-refractivity contribution in [3.05, 3.63) is 34.3 Å². The van der Waals surface area contributed by atoms with Crippen LogP contribution < -0.4 is 5.73 Å². The summed E-state index contributed by atoms with van der Waals surface area (Å²) in [6, 6.07) is 6.82. The molecule has 2 nitrogen and oxygen atoms in total. The molecule has 1 heterocycles. The van der Waals surface area contributed by atoms with E-state index in [0.29, 0.717) is 12.0 Å². The van der Waals surface area contributed by atoms with E-state index >= 15 is 0 Å². The predicted molar refractivity (Wildman–Crippen MR) is 73.3 cm³/mol. The van der Waals surface area contributed by atoms with Gasteiger partial charge in [0.2, 0.25) is 0 Å². The van der Waals surface area contributed by atoms with E-state index in [2.05, 4.69) is 30.1 Å². The summed E-state index contributed by atoms with van der Waals surface area (Å²) >= 11 is 6.22. The SMILES string of the molecule is Cc1ccc(C2C(CN)CCCN2C)cc1Cl. The Kier molecular flexibility index (Phi) is 4.08. The van der Waals surface area contributed by atoms with Crippen molar-refractivity contribution in [2.75, 3.05) is 20.1 Å². The summed E-state index contributed by atoms with van der Waals surface area (Å²) in [6.07, 6.45) is 2.46. The summed E-state index contributed by atoms with van der Waals surface area (Å²) in [6.45, 7) is 3.93. The first kappa shape index (κ1) is 12.9. The van der Waals surface area contributed by atoms with E-state index in [9.17, 15) is 0 Å². The number of likely N-dealkylation sites (tertiary alicyclic amines) is 1. The highest BCUT2D eigenvalue weighted by Gasteiger charge is 2.29. The molecule has 0 radical (unpaired) electrons. The van der Waals surface area contributed by atoms with Crippen LogP contribution in [-0.4, -0.2) is 25.0 Å². The van der Waals surface area contributed by atoms with E-state index in [4.69, 9.17) is 17.3 Å². The van der Waals surface area contributed by atoms with Crippen LogP contribution in [0.1, 0.15) is 30.0 Å². The maximum atomic E-state index is 6.22. The number of aryl methyl sites for hydroxylation is 1. The van der Waals surface area contributed by atoms with E-state index < -0.39 is 0 Å². The van der Waals surface area contributed by atoms with E-state index in [1.165, 1.54) is 18.4 Å². The first-order valence-electron chi connectivity index (χ1n) is 6.30. The molecule has 2 rings (SSSR count). The Bertz CT molecular complexity index is 392. The second kappa shape index (κ2) is 5.38. The molecule has 17 heavy (non-hydrogen) atoms. The van der Waals surface area contributed by atoms with Crippen LogP contribution in [0.4, 0.5) is 0 Å². The molecule has 2 atom stereocenters. The summed E-state index contributed by atoms with van der Waals surface area (Å²) in [5.74, 6) is 0.549. The fraction of sp³-hybridized carbons (Fsp3) is 0.571. The third-order valence-electron chi connectivity index (χ3n) is 3.85. The van der Waals surface area contributed by atoms with Crippen molar-refractivity contribution in [3.63, 3.8) is 0 Å². The third kappa shape index (κ3) is 2.65. The molecule has 1 aromatic rings. The van der Waals surface area contributed by atoms with Crippen LogP contribution >= 0.6 is 11.6 Å². The Morgan fingerprint density at radius 1 is 1.47 bits per heavy atom. The lowest BCUT2D eigenvalue weighted by atomic mass is 9.85. The Labute approximate surface area is 109 Å². The minimum absolute atomic E-state index is 0.423. The Balaban J connectivity index is 2.31. The van der Waals surface area contributed by atoms with E-state index in [1.807, 2.05) is 6.92 Å². The molecule has 1 saturated heterocycles. The number of halogens is 1. The summed E-state index contributed by atoms with van der Waals surface area (Å²) in [4.78, 5) is 2.40. The van der Waals surface area contributed by atoms with Crippen molar-refractivity contribution >= 4 is 11.6 Å². The van der Waals surface area contributed by atoms with Gasteiger partial charge in [0.05, 0.1) is 0 Å². The third-order valence-corrected chi connectivity index (χ3v) is 4.25. The lowest BCUT2D eigenvalue weighted by Crippen LogP contribution is -2.39. The minimum atomic E-state index is 0.423. The largest absolute Gasteiger partial charge is 0.330 e. The molecule has 0 aromatic heterocycles. The van der Waals surface area contributed by atoms with E-state index in [1.54, 1.807) is 0 Å². The van der Waals surface area contributed by atoms with Gasteiger partial charge < -0.3 is 5.73 Å². The Morgan fingerprint density at radius 2 is 2.24 bits per heavy atom. The normalized spacial score (nSPS) is 26.1. The van der Waals surface area contributed by atoms with Crippen LogP contribution in [0, 0.1) is 12.8 Å². The lowest BCUT2D eigenvalue weighted by molar-refractivity contribution is 0.125. The molecular formula is C14H21ClN2. The maximum Gasteiger partial charge on any atom is 0.0438 e. The highest BCUT2D eigenvalue weighted by Crippen LogP contribution is 2.35. The average Bonchev–Trinajstić information content (AvgIpc) is 2.32. The fourth-order valence-electron chi connectivity index (χ4n) is 2.83. The molecule has 0 spiro atoms. The monoisotopic (exact) mass is 252 g/mol. The van der Waals surface area contributed by atoms with Gasteiger partial charge in [-0.1, -0.05) is 23.7 Å². The van der Waals surface area contributed by atoms with Gasteiger partial charge in [-0.05, 0) is 63.0 Å². The molecule has 0 amide bonds. The number of nitrogens with zero attached hydrogens (tertiary/aromatic N) is 1. The molecule has 0 aliphatic carbocycles. The van der Waals surface area contributed by atoms with Gasteiger partial charge in [-0.25, -0.2) is 0 Å². The maximum absolute atomic E-state index is 6.22. The number of piperidine rings is 1. The van der Waals surface area contributed by atoms with Crippen molar-refractivity contribution < 1.29 is 0 Å². The van der Waals surface area contributed by atoms with Gasteiger partial charge in [0.15, 0.2) is 0 Å². The van der Waals surface area contributed by atoms with E-state index in [0.717, 1.165) is 23.7 Å². The standard InChI is InChI=1S/C14H21ClN2/c1-10-5-6-11(8-13(10)15)14-12(9-16)4-3-7-17(14)2/h5-6,8,12,14H,3-4,7,9,16H2,1-2H3. The second-order valence-corrected chi connectivity index (χ2v) is 5.48. The Hall–Kier alpha value is -0.570. The molecule has 2 N–H and O–H groups in total. The van der Waals surface area contributed by atoms with Gasteiger partial charge in [0.1, 0.15) is 0 Å². The van der Waals surface area contributed by atoms with Crippen molar-refractivity contribution in [2.24, 2.45) is 11.7 Å². The van der Waals surface area contributed by atoms with Crippen LogP contribution in [0.5, 0.6) is 0 Å². The highest BCUT2D eigenvalue weighted by molar-refractivity contribution is 6.31. The zero-order chi connectivity index (χ0) is 12.4. The van der Waals surface area contributed by atoms with Gasteiger partial charge in [-0.15, -0.1) is 0 Å². The van der Waals surface area contributed by atoms with Gasteiger partial charge in [-0.2, -0.15) is 0 Å². The molecule has 3 heteroatoms. The van der Waals surface area contributed by atoms with Crippen molar-refractivity contribution in [2.45, 2.75) is 25.8 Å². The minimum Gasteiger partial charge on any atom is -0.330 e. The van der Waals surface area contributed by atoms with Crippen molar-refractivity contribution in [3.8, 4) is 0 Å². The molecule has 0 saturated carbocycles. The number of hydrogen-bond acceptors (Lipinski definition) is 2. The van der Waals surface area contributed by atoms with E-state index in [-0.39, 0.29) is 0 Å². The topological polar surface area (TPSA) is 29.3 Å². The number of rotatable bonds is 2. The van der Waals surface area contributed by atoms with Crippen LogP contribution in [-0.2, 0) is 0 Å². The zero-order valence-corrected chi connectivity index (χ0v) is 11.4. The highest BCUT2D eigenvalue weighted by atomic mass is 35.5. The summed E-state index contributed by atoms with van der Waals surface area (Å²) < 4.78 is 0. The van der Waals surface area contributed by atoms with Gasteiger partial charge >= 0.3 is 0 Å². The molecule has 1 aromatic carbocycles. The number of nitrogens with two attached hydrogens (primary N) is 1. The fourth-order valence-corrected chi connectivity index (χ4v) is 3.02. The summed E-state index contributed by atoms with van der Waals surface area (Å²) in [7, 11) is 2.18. The van der Waals surface area contributed by atoms with Crippen LogP contribution in [0.3, 0.4) is 0 Å². The molecule has 0 bridgehead atoms. The van der Waals surface area contributed by atoms with Gasteiger partial charge in [0.25, 0.3) is 0 Å². The zero-order valence-electron chi connectivity index (χ0n) is 10.6. The van der Waals surface area contributed by atoms with Gasteiger partial charge in [0, 0.05) is 11.1 Å². The molecule has 1 aliphatic heterocycles. The first-order valence-corrected chi connectivity index (χ1v) is 6.67. The van der Waals surface area contributed by atoms with Gasteiger partial charge in [-0.3, -0.25) is 4.90 Å². The average molecular weight is 253 g/mol. The Morgan fingerprint density at radius 3 is 2.88 bits per heavy atom. The van der Waals surface area contributed by atoms with Crippen LogP contribution in [0.2, 0.25) is 5.02 Å². The predicted octanol–water partition coefficient (Wildman–Crippen LogP) is 2.99. The second-order valence-electron chi connectivity index (χ2n) is 5.07. The van der Waals surface area contributed by atoms with Crippen molar-refractivity contribution in [1.82, 2.24) is 4.90 Å².